The van der Waals surface area contributed by atoms with Crippen molar-refractivity contribution in [2.75, 3.05) is 50.8 Å². The first-order valence-corrected chi connectivity index (χ1v) is 12.9. The van der Waals surface area contributed by atoms with Gasteiger partial charge in [0.15, 0.2) is 5.65 Å². The van der Waals surface area contributed by atoms with E-state index in [0.29, 0.717) is 25.3 Å². The quantitative estimate of drug-likeness (QED) is 0.402. The molecule has 1 fully saturated rings. The molecule has 2 aromatic carbocycles. The number of benzene rings is 2. The van der Waals surface area contributed by atoms with Gasteiger partial charge in [-0.3, -0.25) is 14.1 Å². The number of carbonyl (C=O) groups is 1. The summed E-state index contributed by atoms with van der Waals surface area (Å²) in [5, 5.41) is 10.3. The zero-order chi connectivity index (χ0) is 25.4. The molecular formula is C30H34N6O2. The second-order valence-corrected chi connectivity index (χ2v) is 9.71. The molecule has 0 unspecified atom stereocenters. The van der Waals surface area contributed by atoms with E-state index in [0.717, 1.165) is 73.0 Å². The Balaban J connectivity index is 0.00000294. The standard InChI is InChI=1S/C29H30N6O2.CH4/c1-21(36)33-13-15-34(16-14-33)29-25-20-32(17-18-37-22-7-3-2-4-8-22)12-11-23(25)24(19-30)28-31-26-9-5-6-10-27(26)35(28)29;/h2-10H,11-18,20H2,1H3;1H4. The number of anilines is 1. The third-order valence-electron chi connectivity index (χ3n) is 7.55. The normalized spacial score (nSPS) is 15.7. The van der Waals surface area contributed by atoms with Gasteiger partial charge in [0.2, 0.25) is 5.91 Å². The number of piperazine rings is 1. The van der Waals surface area contributed by atoms with Crippen LogP contribution in [-0.4, -0.2) is 71.0 Å². The Morgan fingerprint density at radius 1 is 1.00 bits per heavy atom. The third kappa shape index (κ3) is 4.54. The molecule has 2 aliphatic rings. The molecule has 1 saturated heterocycles. The van der Waals surface area contributed by atoms with Gasteiger partial charge in [-0.25, -0.2) is 4.98 Å². The molecule has 4 aromatic rings. The predicted octanol–water partition coefficient (Wildman–Crippen LogP) is 4.10. The van der Waals surface area contributed by atoms with Gasteiger partial charge < -0.3 is 14.5 Å². The summed E-state index contributed by atoms with van der Waals surface area (Å²) in [7, 11) is 0. The number of hydrogen-bond donors (Lipinski definition) is 0. The Kier molecular flexibility index (Phi) is 7.21. The number of rotatable bonds is 5. The fourth-order valence-corrected chi connectivity index (χ4v) is 5.66. The Labute approximate surface area is 223 Å². The van der Waals surface area contributed by atoms with Crippen molar-refractivity contribution in [3.05, 3.63) is 71.3 Å². The maximum Gasteiger partial charge on any atom is 0.219 e. The first kappa shape index (κ1) is 25.6. The van der Waals surface area contributed by atoms with Gasteiger partial charge in [-0.1, -0.05) is 37.8 Å². The van der Waals surface area contributed by atoms with E-state index >= 15 is 0 Å². The minimum atomic E-state index is 0. The lowest BCUT2D eigenvalue weighted by Gasteiger charge is -2.39. The maximum absolute atomic E-state index is 12.0. The van der Waals surface area contributed by atoms with Crippen LogP contribution < -0.4 is 9.64 Å². The lowest BCUT2D eigenvalue weighted by Crippen LogP contribution is -2.49. The number of nitriles is 1. The second kappa shape index (κ2) is 10.7. The Morgan fingerprint density at radius 3 is 2.47 bits per heavy atom. The van der Waals surface area contributed by atoms with Gasteiger partial charge >= 0.3 is 0 Å². The van der Waals surface area contributed by atoms with E-state index in [-0.39, 0.29) is 13.3 Å². The van der Waals surface area contributed by atoms with Gasteiger partial charge in [0.05, 0.1) is 16.6 Å². The lowest BCUT2D eigenvalue weighted by atomic mass is 9.95. The Morgan fingerprint density at radius 2 is 1.74 bits per heavy atom. The minimum Gasteiger partial charge on any atom is -0.492 e. The number of aromatic nitrogens is 2. The molecule has 196 valence electrons. The van der Waals surface area contributed by atoms with E-state index < -0.39 is 0 Å². The number of fused-ring (bicyclic) bond motifs is 4. The SMILES string of the molecule is C.CC(=O)N1CCN(c2c3c(c(C#N)c4nc5ccccc5n24)CCN(CCOc2ccccc2)C3)CC1. The molecule has 0 radical (unpaired) electrons. The van der Waals surface area contributed by atoms with Gasteiger partial charge in [-0.05, 0) is 36.2 Å². The van der Waals surface area contributed by atoms with Crippen molar-refractivity contribution in [2.24, 2.45) is 0 Å². The van der Waals surface area contributed by atoms with Crippen molar-refractivity contribution in [3.63, 3.8) is 0 Å². The summed E-state index contributed by atoms with van der Waals surface area (Å²) in [5.41, 5.74) is 5.59. The molecule has 1 amide bonds. The van der Waals surface area contributed by atoms with E-state index in [1.165, 1.54) is 5.56 Å². The number of imidazole rings is 1. The molecule has 2 aliphatic heterocycles. The molecule has 8 heteroatoms. The van der Waals surface area contributed by atoms with E-state index in [9.17, 15) is 10.1 Å². The monoisotopic (exact) mass is 510 g/mol. The number of hydrogen-bond acceptors (Lipinski definition) is 6. The molecule has 4 heterocycles. The first-order chi connectivity index (χ1) is 18.1. The Hall–Kier alpha value is -4.09. The fourth-order valence-electron chi connectivity index (χ4n) is 5.66. The topological polar surface area (TPSA) is 77.1 Å². The molecule has 8 nitrogen and oxygen atoms in total. The molecule has 6 rings (SSSR count). The summed E-state index contributed by atoms with van der Waals surface area (Å²) in [6.07, 6.45) is 0.795. The van der Waals surface area contributed by atoms with Crippen molar-refractivity contribution in [2.45, 2.75) is 27.3 Å². The number of nitrogens with zero attached hydrogens (tertiary/aromatic N) is 6. The summed E-state index contributed by atoms with van der Waals surface area (Å²) in [6, 6.07) is 20.5. The van der Waals surface area contributed by atoms with E-state index in [1.54, 1.807) is 6.92 Å². The van der Waals surface area contributed by atoms with Crippen molar-refractivity contribution in [3.8, 4) is 11.8 Å². The van der Waals surface area contributed by atoms with E-state index in [2.05, 4.69) is 26.3 Å². The second-order valence-electron chi connectivity index (χ2n) is 9.71. The summed E-state index contributed by atoms with van der Waals surface area (Å²) in [5.74, 6) is 2.10. The van der Waals surface area contributed by atoms with Crippen LogP contribution in [0.15, 0.2) is 54.6 Å². The summed E-state index contributed by atoms with van der Waals surface area (Å²) >= 11 is 0. The number of ether oxygens (including phenoxy) is 1. The van der Waals surface area contributed by atoms with E-state index in [1.807, 2.05) is 53.4 Å². The van der Waals surface area contributed by atoms with Crippen LogP contribution in [0.1, 0.15) is 31.0 Å². The highest BCUT2D eigenvalue weighted by Gasteiger charge is 2.31. The van der Waals surface area contributed by atoms with Gasteiger partial charge in [0.25, 0.3) is 0 Å². The van der Waals surface area contributed by atoms with Crippen LogP contribution in [0.25, 0.3) is 16.7 Å². The van der Waals surface area contributed by atoms with Crippen LogP contribution in [0.4, 0.5) is 5.82 Å². The summed E-state index contributed by atoms with van der Waals surface area (Å²) in [4.78, 5) is 23.6. The molecule has 2 aromatic heterocycles. The van der Waals surface area contributed by atoms with Gasteiger partial charge in [-0.2, -0.15) is 5.26 Å². The number of carbonyl (C=O) groups excluding carboxylic acids is 1. The van der Waals surface area contributed by atoms with Gasteiger partial charge in [0, 0.05) is 58.3 Å². The Bertz CT molecular complexity index is 1500. The highest BCUT2D eigenvalue weighted by molar-refractivity contribution is 5.86. The molecule has 38 heavy (non-hydrogen) atoms. The number of amides is 1. The molecule has 0 spiro atoms. The van der Waals surface area contributed by atoms with Crippen LogP contribution in [0, 0.1) is 11.3 Å². The third-order valence-corrected chi connectivity index (χ3v) is 7.55. The first-order valence-electron chi connectivity index (χ1n) is 12.9. The average molecular weight is 511 g/mol. The minimum absolute atomic E-state index is 0. The van der Waals surface area contributed by atoms with Crippen molar-refractivity contribution >= 4 is 28.4 Å². The maximum atomic E-state index is 12.0. The zero-order valence-corrected chi connectivity index (χ0v) is 21.1. The predicted molar refractivity (Wildman–Crippen MR) is 150 cm³/mol. The highest BCUT2D eigenvalue weighted by atomic mass is 16.5. The van der Waals surface area contributed by atoms with Gasteiger partial charge in [0.1, 0.15) is 24.2 Å². The molecule has 0 bridgehead atoms. The lowest BCUT2D eigenvalue weighted by molar-refractivity contribution is -0.129. The fraction of sp³-hybridized carbons (Fsp3) is 0.367. The smallest absolute Gasteiger partial charge is 0.219 e. The summed E-state index contributed by atoms with van der Waals surface area (Å²) in [6.45, 7) is 7.52. The van der Waals surface area contributed by atoms with Crippen LogP contribution in [0.2, 0.25) is 0 Å². The van der Waals surface area contributed by atoms with Crippen molar-refractivity contribution < 1.29 is 9.53 Å². The average Bonchev–Trinajstić information content (AvgIpc) is 3.31. The molecule has 0 atom stereocenters. The van der Waals surface area contributed by atoms with E-state index in [4.69, 9.17) is 9.72 Å². The number of para-hydroxylation sites is 3. The van der Waals surface area contributed by atoms with Crippen LogP contribution in [0.3, 0.4) is 0 Å². The van der Waals surface area contributed by atoms with Crippen molar-refractivity contribution in [1.82, 2.24) is 19.2 Å². The molecule has 0 saturated carbocycles. The summed E-state index contributed by atoms with van der Waals surface area (Å²) < 4.78 is 8.16. The molecular weight excluding hydrogens is 476 g/mol. The molecule has 0 N–H and O–H groups in total. The number of pyridine rings is 1. The van der Waals surface area contributed by atoms with Crippen LogP contribution in [0.5, 0.6) is 5.75 Å². The van der Waals surface area contributed by atoms with Crippen LogP contribution in [-0.2, 0) is 17.8 Å². The van der Waals surface area contributed by atoms with Gasteiger partial charge in [-0.15, -0.1) is 0 Å². The zero-order valence-electron chi connectivity index (χ0n) is 21.1. The van der Waals surface area contributed by atoms with Crippen molar-refractivity contribution in [1.29, 1.82) is 5.26 Å². The van der Waals surface area contributed by atoms with Crippen LogP contribution >= 0.6 is 0 Å². The largest absolute Gasteiger partial charge is 0.492 e. The highest BCUT2D eigenvalue weighted by Crippen LogP contribution is 2.37. The molecule has 0 aliphatic carbocycles.